The first-order chi connectivity index (χ1) is 12.0. The molecule has 25 heavy (non-hydrogen) atoms. The van der Waals surface area contributed by atoms with Gasteiger partial charge in [-0.1, -0.05) is 42.5 Å². The van der Waals surface area contributed by atoms with E-state index in [1.165, 1.54) is 0 Å². The first kappa shape index (κ1) is 17.7. The third-order valence-corrected chi connectivity index (χ3v) is 4.87. The maximum atomic E-state index is 12.6. The molecule has 2 heterocycles. The van der Waals surface area contributed by atoms with Gasteiger partial charge in [-0.05, 0) is 25.3 Å². The van der Waals surface area contributed by atoms with Gasteiger partial charge in [0.15, 0.2) is 0 Å². The summed E-state index contributed by atoms with van der Waals surface area (Å²) in [7, 11) is 0. The highest BCUT2D eigenvalue weighted by molar-refractivity contribution is 5.83. The van der Waals surface area contributed by atoms with Crippen LogP contribution in [0.1, 0.15) is 31.7 Å². The Bertz CT molecular complexity index is 628. The van der Waals surface area contributed by atoms with Crippen LogP contribution in [0.3, 0.4) is 0 Å². The van der Waals surface area contributed by atoms with Crippen LogP contribution >= 0.6 is 0 Å². The van der Waals surface area contributed by atoms with Gasteiger partial charge in [0, 0.05) is 12.3 Å². The molecule has 2 aliphatic rings. The largest absolute Gasteiger partial charge is 0.445 e. The number of hydrogen-bond donors (Lipinski definition) is 0. The zero-order chi connectivity index (χ0) is 17.8. The number of morpholine rings is 1. The van der Waals surface area contributed by atoms with Crippen molar-refractivity contribution in [3.05, 3.63) is 48.0 Å². The maximum Gasteiger partial charge on any atom is 0.410 e. The highest BCUT2D eigenvalue weighted by Crippen LogP contribution is 2.33. The Hall–Kier alpha value is -2.14. The standard InChI is InChI=1S/C20H25NO4/c1-14(2)8-19(22)16-9-17-12-24-13-18(10-16)21(17)20(23)25-11-15-6-4-3-5-7-15/h3-7,16-18H,1,8-13H2,2H3. The van der Waals surface area contributed by atoms with Crippen molar-refractivity contribution in [1.29, 1.82) is 0 Å². The molecule has 0 saturated carbocycles. The monoisotopic (exact) mass is 343 g/mol. The molecule has 0 radical (unpaired) electrons. The average molecular weight is 343 g/mol. The van der Waals surface area contributed by atoms with E-state index in [-0.39, 0.29) is 36.5 Å². The molecule has 1 aromatic rings. The van der Waals surface area contributed by atoms with Crippen LogP contribution in [0.5, 0.6) is 0 Å². The number of nitrogens with zero attached hydrogens (tertiary/aromatic N) is 1. The molecule has 0 aliphatic carbocycles. The van der Waals surface area contributed by atoms with Gasteiger partial charge in [-0.3, -0.25) is 9.69 Å². The topological polar surface area (TPSA) is 55.8 Å². The van der Waals surface area contributed by atoms with Gasteiger partial charge < -0.3 is 9.47 Å². The van der Waals surface area contributed by atoms with Gasteiger partial charge >= 0.3 is 6.09 Å². The normalized spacial score (nSPS) is 25.3. The lowest BCUT2D eigenvalue weighted by molar-refractivity contribution is -0.130. The van der Waals surface area contributed by atoms with Crippen molar-refractivity contribution < 1.29 is 19.1 Å². The molecule has 2 saturated heterocycles. The summed E-state index contributed by atoms with van der Waals surface area (Å²) in [6.45, 7) is 6.89. The van der Waals surface area contributed by atoms with E-state index >= 15 is 0 Å². The lowest BCUT2D eigenvalue weighted by Gasteiger charge is -2.47. The first-order valence-electron chi connectivity index (χ1n) is 8.78. The van der Waals surface area contributed by atoms with Gasteiger partial charge in [0.25, 0.3) is 0 Å². The molecule has 2 aliphatic heterocycles. The van der Waals surface area contributed by atoms with E-state index in [9.17, 15) is 9.59 Å². The average Bonchev–Trinajstić information content (AvgIpc) is 2.58. The number of piperidine rings is 1. The molecule has 3 rings (SSSR count). The number of allylic oxidation sites excluding steroid dienone is 1. The number of rotatable bonds is 5. The minimum atomic E-state index is -0.312. The molecule has 1 amide bonds. The third-order valence-electron chi connectivity index (χ3n) is 4.87. The second-order valence-electron chi connectivity index (χ2n) is 7.06. The predicted octanol–water partition coefficient (Wildman–Crippen LogP) is 3.34. The molecule has 0 aromatic heterocycles. The number of benzene rings is 1. The molecule has 134 valence electrons. The Morgan fingerprint density at radius 2 is 1.84 bits per heavy atom. The molecular weight excluding hydrogens is 318 g/mol. The number of carbonyl (C=O) groups excluding carboxylic acids is 2. The Balaban J connectivity index is 1.62. The second-order valence-corrected chi connectivity index (χ2v) is 7.06. The summed E-state index contributed by atoms with van der Waals surface area (Å²) in [4.78, 5) is 26.8. The fraction of sp³-hybridized carbons (Fsp3) is 0.500. The number of amides is 1. The minimum Gasteiger partial charge on any atom is -0.445 e. The van der Waals surface area contributed by atoms with Crippen LogP contribution in [0.2, 0.25) is 0 Å². The smallest absolute Gasteiger partial charge is 0.410 e. The molecule has 2 atom stereocenters. The molecule has 2 unspecified atom stereocenters. The number of Topliss-reactive ketones (excluding diaryl/α,β-unsaturated/α-hetero) is 1. The van der Waals surface area contributed by atoms with E-state index < -0.39 is 0 Å². The van der Waals surface area contributed by atoms with Crippen LogP contribution in [0.15, 0.2) is 42.5 Å². The van der Waals surface area contributed by atoms with Gasteiger partial charge in [-0.2, -0.15) is 0 Å². The van der Waals surface area contributed by atoms with Crippen LogP contribution in [0, 0.1) is 5.92 Å². The van der Waals surface area contributed by atoms with Crippen molar-refractivity contribution in [3.8, 4) is 0 Å². The summed E-state index contributed by atoms with van der Waals surface area (Å²) < 4.78 is 11.1. The van der Waals surface area contributed by atoms with E-state index in [0.717, 1.165) is 11.1 Å². The van der Waals surface area contributed by atoms with Crippen molar-refractivity contribution in [2.24, 2.45) is 5.92 Å². The van der Waals surface area contributed by atoms with Crippen LogP contribution in [0.25, 0.3) is 0 Å². The van der Waals surface area contributed by atoms with Crippen molar-refractivity contribution in [3.63, 3.8) is 0 Å². The quantitative estimate of drug-likeness (QED) is 0.770. The van der Waals surface area contributed by atoms with Crippen LogP contribution in [-0.4, -0.2) is 42.1 Å². The van der Waals surface area contributed by atoms with Crippen molar-refractivity contribution in [2.45, 2.75) is 44.9 Å². The highest BCUT2D eigenvalue weighted by atomic mass is 16.6. The molecule has 5 nitrogen and oxygen atoms in total. The van der Waals surface area contributed by atoms with E-state index in [2.05, 4.69) is 6.58 Å². The summed E-state index contributed by atoms with van der Waals surface area (Å²) in [5, 5.41) is 0. The van der Waals surface area contributed by atoms with Gasteiger partial charge in [0.1, 0.15) is 12.4 Å². The number of ketones is 1. The van der Waals surface area contributed by atoms with E-state index in [1.54, 1.807) is 4.90 Å². The van der Waals surface area contributed by atoms with Crippen molar-refractivity contribution >= 4 is 11.9 Å². The summed E-state index contributed by atoms with van der Waals surface area (Å²) >= 11 is 0. The Morgan fingerprint density at radius 3 is 2.44 bits per heavy atom. The third kappa shape index (κ3) is 4.28. The summed E-state index contributed by atoms with van der Waals surface area (Å²) in [5.74, 6) is 0.204. The Labute approximate surface area is 148 Å². The number of carbonyl (C=O) groups is 2. The molecule has 5 heteroatoms. The fourth-order valence-electron chi connectivity index (χ4n) is 3.71. The zero-order valence-corrected chi connectivity index (χ0v) is 14.6. The molecule has 1 aromatic carbocycles. The van der Waals surface area contributed by atoms with Gasteiger partial charge in [-0.15, -0.1) is 0 Å². The fourth-order valence-corrected chi connectivity index (χ4v) is 3.71. The number of fused-ring (bicyclic) bond motifs is 2. The SMILES string of the molecule is C=C(C)CC(=O)C1CC2COCC(C1)N2C(=O)OCc1ccccc1. The van der Waals surface area contributed by atoms with Crippen molar-refractivity contribution in [2.75, 3.05) is 13.2 Å². The second kappa shape index (κ2) is 7.83. The molecule has 0 N–H and O–H groups in total. The highest BCUT2D eigenvalue weighted by Gasteiger charge is 2.44. The minimum absolute atomic E-state index is 0.0197. The van der Waals surface area contributed by atoms with E-state index in [1.807, 2.05) is 37.3 Å². The number of hydrogen-bond acceptors (Lipinski definition) is 4. The lowest BCUT2D eigenvalue weighted by atomic mass is 9.81. The van der Waals surface area contributed by atoms with Crippen molar-refractivity contribution in [1.82, 2.24) is 4.90 Å². The van der Waals surface area contributed by atoms with Gasteiger partial charge in [0.05, 0.1) is 25.3 Å². The lowest BCUT2D eigenvalue weighted by Crippen LogP contribution is -2.59. The summed E-state index contributed by atoms with van der Waals surface area (Å²) in [5.41, 5.74) is 1.85. The Morgan fingerprint density at radius 1 is 1.20 bits per heavy atom. The van der Waals surface area contributed by atoms with Crippen LogP contribution in [0.4, 0.5) is 4.79 Å². The van der Waals surface area contributed by atoms with Gasteiger partial charge in [-0.25, -0.2) is 4.79 Å². The first-order valence-corrected chi connectivity index (χ1v) is 8.78. The Kier molecular flexibility index (Phi) is 5.53. The molecular formula is C20H25NO4. The van der Waals surface area contributed by atoms with E-state index in [4.69, 9.17) is 9.47 Å². The summed E-state index contributed by atoms with van der Waals surface area (Å²) in [6, 6.07) is 9.46. The van der Waals surface area contributed by atoms with Crippen LogP contribution in [-0.2, 0) is 20.9 Å². The molecule has 2 fully saturated rings. The predicted molar refractivity (Wildman–Crippen MR) is 94.0 cm³/mol. The number of ether oxygens (including phenoxy) is 2. The molecule has 2 bridgehead atoms. The molecule has 0 spiro atoms. The van der Waals surface area contributed by atoms with Crippen LogP contribution < -0.4 is 0 Å². The summed E-state index contributed by atoms with van der Waals surface area (Å²) in [6.07, 6.45) is 1.39. The van der Waals surface area contributed by atoms with E-state index in [0.29, 0.717) is 32.5 Å². The maximum absolute atomic E-state index is 12.6. The zero-order valence-electron chi connectivity index (χ0n) is 14.6. The van der Waals surface area contributed by atoms with Gasteiger partial charge in [0.2, 0.25) is 0 Å².